The highest BCUT2D eigenvalue weighted by molar-refractivity contribution is 6.00. The van der Waals surface area contributed by atoms with E-state index >= 15 is 0 Å². The summed E-state index contributed by atoms with van der Waals surface area (Å²) in [5, 5.41) is 0. The molecule has 0 aliphatic heterocycles. The van der Waals surface area contributed by atoms with Gasteiger partial charge in [-0.3, -0.25) is 9.59 Å². The highest BCUT2D eigenvalue weighted by atomic mass is 19.1. The number of hydrogen-bond donors (Lipinski definition) is 0. The molecule has 0 radical (unpaired) electrons. The van der Waals surface area contributed by atoms with E-state index in [9.17, 15) is 14.0 Å². The topological polar surface area (TPSA) is 61.8 Å². The van der Waals surface area contributed by atoms with Gasteiger partial charge in [-0.25, -0.2) is 4.39 Å². The third-order valence-corrected chi connectivity index (χ3v) is 3.75. The van der Waals surface area contributed by atoms with Gasteiger partial charge in [0.25, 0.3) is 0 Å². The minimum atomic E-state index is -1.38. The first-order chi connectivity index (χ1) is 10.9. The van der Waals surface area contributed by atoms with E-state index in [1.54, 1.807) is 13.8 Å². The molecule has 0 amide bonds. The van der Waals surface area contributed by atoms with E-state index in [1.165, 1.54) is 13.2 Å². The molecule has 1 rings (SSSR count). The number of carbonyl (C=O) groups excluding carboxylic acids is 2. The van der Waals surface area contributed by atoms with Gasteiger partial charge >= 0.3 is 11.9 Å². The molecule has 0 saturated carbocycles. The van der Waals surface area contributed by atoms with Crippen LogP contribution in [0, 0.1) is 11.2 Å². The molecule has 0 heterocycles. The molecular formula is C17H23FO5. The zero-order chi connectivity index (χ0) is 17.5. The van der Waals surface area contributed by atoms with Gasteiger partial charge in [-0.2, -0.15) is 0 Å². The highest BCUT2D eigenvalue weighted by Gasteiger charge is 2.46. The van der Waals surface area contributed by atoms with Crippen LogP contribution in [0.5, 0.6) is 11.5 Å². The first-order valence-corrected chi connectivity index (χ1v) is 7.68. The lowest BCUT2D eigenvalue weighted by atomic mass is 9.82. The Bertz CT molecular complexity index is 552. The number of hydrogen-bond acceptors (Lipinski definition) is 5. The van der Waals surface area contributed by atoms with Gasteiger partial charge in [-0.05, 0) is 31.4 Å². The van der Waals surface area contributed by atoms with Gasteiger partial charge in [0, 0.05) is 6.07 Å². The van der Waals surface area contributed by atoms with Crippen LogP contribution in [0.15, 0.2) is 18.2 Å². The second-order valence-electron chi connectivity index (χ2n) is 5.11. The molecule has 0 spiro atoms. The molecule has 1 aromatic rings. The van der Waals surface area contributed by atoms with Crippen molar-refractivity contribution in [1.82, 2.24) is 0 Å². The summed E-state index contributed by atoms with van der Waals surface area (Å²) >= 11 is 0. The van der Waals surface area contributed by atoms with Crippen molar-refractivity contribution < 1.29 is 28.2 Å². The van der Waals surface area contributed by atoms with E-state index in [-0.39, 0.29) is 30.9 Å². The van der Waals surface area contributed by atoms with Gasteiger partial charge in [0.2, 0.25) is 0 Å². The summed E-state index contributed by atoms with van der Waals surface area (Å²) in [4.78, 5) is 24.9. The minimum Gasteiger partial charge on any atom is -0.493 e. The second-order valence-corrected chi connectivity index (χ2v) is 5.11. The van der Waals surface area contributed by atoms with Crippen molar-refractivity contribution in [2.24, 2.45) is 5.41 Å². The zero-order valence-electron chi connectivity index (χ0n) is 14.0. The molecular weight excluding hydrogens is 303 g/mol. The molecule has 1 aromatic carbocycles. The Balaban J connectivity index is 3.05. The Morgan fingerprint density at radius 2 is 1.74 bits per heavy atom. The molecule has 0 bridgehead atoms. The first kappa shape index (κ1) is 18.9. The van der Waals surface area contributed by atoms with Crippen molar-refractivity contribution in [3.63, 3.8) is 0 Å². The van der Waals surface area contributed by atoms with E-state index in [4.69, 9.17) is 14.2 Å². The quantitative estimate of drug-likeness (QED) is 0.416. The van der Waals surface area contributed by atoms with Crippen LogP contribution >= 0.6 is 0 Å². The largest absolute Gasteiger partial charge is 0.493 e. The summed E-state index contributed by atoms with van der Waals surface area (Å²) in [6.45, 7) is 5.56. The summed E-state index contributed by atoms with van der Waals surface area (Å²) in [6, 6.07) is 3.55. The third kappa shape index (κ3) is 4.21. The summed E-state index contributed by atoms with van der Waals surface area (Å²) in [5.41, 5.74) is -1.38. The average Bonchev–Trinajstić information content (AvgIpc) is 2.56. The maximum absolute atomic E-state index is 13.2. The summed E-state index contributed by atoms with van der Waals surface area (Å²) in [6.07, 6.45) is 1.15. The molecule has 5 nitrogen and oxygen atoms in total. The lowest BCUT2D eigenvalue weighted by Crippen LogP contribution is -2.42. The Hall–Kier alpha value is -2.11. The van der Waals surface area contributed by atoms with Crippen LogP contribution in [-0.4, -0.2) is 25.7 Å². The summed E-state index contributed by atoms with van der Waals surface area (Å²) < 4.78 is 28.7. The Labute approximate surface area is 135 Å². The van der Waals surface area contributed by atoms with Crippen molar-refractivity contribution in [3.05, 3.63) is 24.0 Å². The van der Waals surface area contributed by atoms with Gasteiger partial charge in [-0.15, -0.1) is 0 Å². The first-order valence-electron chi connectivity index (χ1n) is 7.68. The molecule has 6 heteroatoms. The molecule has 0 unspecified atom stereocenters. The van der Waals surface area contributed by atoms with Crippen molar-refractivity contribution in [2.45, 2.75) is 40.0 Å². The van der Waals surface area contributed by atoms with E-state index in [1.807, 2.05) is 6.92 Å². The Morgan fingerprint density at radius 1 is 1.09 bits per heavy atom. The van der Waals surface area contributed by atoms with Crippen LogP contribution in [-0.2, 0) is 14.3 Å². The monoisotopic (exact) mass is 326 g/mol. The molecule has 0 aromatic heterocycles. The maximum atomic E-state index is 13.2. The maximum Gasteiger partial charge on any atom is 0.328 e. The van der Waals surface area contributed by atoms with Crippen LogP contribution in [0.1, 0.15) is 40.0 Å². The van der Waals surface area contributed by atoms with Crippen molar-refractivity contribution in [1.29, 1.82) is 0 Å². The Morgan fingerprint density at radius 3 is 2.26 bits per heavy atom. The van der Waals surface area contributed by atoms with Crippen LogP contribution < -0.4 is 9.47 Å². The van der Waals surface area contributed by atoms with E-state index in [0.29, 0.717) is 6.42 Å². The fourth-order valence-corrected chi connectivity index (χ4v) is 2.17. The number of rotatable bonds is 8. The minimum absolute atomic E-state index is 0.0634. The van der Waals surface area contributed by atoms with Crippen LogP contribution in [0.3, 0.4) is 0 Å². The number of halogens is 1. The normalized spacial score (nSPS) is 11.0. The fraction of sp³-hybridized carbons (Fsp3) is 0.529. The predicted molar refractivity (Wildman–Crippen MR) is 82.9 cm³/mol. The molecule has 0 fully saturated rings. The van der Waals surface area contributed by atoms with Gasteiger partial charge < -0.3 is 14.2 Å². The fourth-order valence-electron chi connectivity index (χ4n) is 2.17. The predicted octanol–water partition coefficient (Wildman–Crippen LogP) is 3.50. The average molecular weight is 326 g/mol. The molecule has 0 aliphatic rings. The zero-order valence-corrected chi connectivity index (χ0v) is 14.0. The molecule has 0 aliphatic carbocycles. The number of methoxy groups -OCH3 is 1. The second kappa shape index (κ2) is 8.50. The van der Waals surface area contributed by atoms with Gasteiger partial charge in [0.1, 0.15) is 5.82 Å². The molecule has 0 N–H and O–H groups in total. The van der Waals surface area contributed by atoms with Gasteiger partial charge in [-0.1, -0.05) is 20.8 Å². The highest BCUT2D eigenvalue weighted by Crippen LogP contribution is 2.34. The van der Waals surface area contributed by atoms with Crippen molar-refractivity contribution in [2.75, 3.05) is 13.7 Å². The van der Waals surface area contributed by atoms with Crippen molar-refractivity contribution >= 4 is 11.9 Å². The summed E-state index contributed by atoms with van der Waals surface area (Å²) in [5.74, 6) is -1.69. The molecule has 23 heavy (non-hydrogen) atoms. The van der Waals surface area contributed by atoms with E-state index in [2.05, 4.69) is 0 Å². The van der Waals surface area contributed by atoms with Crippen LogP contribution in [0.25, 0.3) is 0 Å². The number of esters is 2. The lowest BCUT2D eigenvalue weighted by molar-refractivity contribution is -0.168. The van der Waals surface area contributed by atoms with Crippen molar-refractivity contribution in [3.8, 4) is 11.5 Å². The summed E-state index contributed by atoms with van der Waals surface area (Å²) in [7, 11) is 1.34. The van der Waals surface area contributed by atoms with Gasteiger partial charge in [0.05, 0.1) is 13.7 Å². The molecule has 128 valence electrons. The van der Waals surface area contributed by atoms with E-state index < -0.39 is 23.2 Å². The number of ether oxygens (including phenoxy) is 3. The third-order valence-electron chi connectivity index (χ3n) is 3.75. The number of benzene rings is 1. The SMILES string of the molecule is CCCOC(=O)C(CC)(CC)C(=O)Oc1ccc(F)cc1OC. The smallest absolute Gasteiger partial charge is 0.328 e. The Kier molecular flexibility index (Phi) is 7.00. The van der Waals surface area contributed by atoms with E-state index in [0.717, 1.165) is 12.1 Å². The standard InChI is InChI=1S/C17H23FO5/c1-5-10-22-15(19)17(6-2,7-3)16(20)23-13-9-8-12(18)11-14(13)21-4/h8-9,11H,5-7,10H2,1-4H3. The van der Waals surface area contributed by atoms with Crippen LogP contribution in [0.4, 0.5) is 4.39 Å². The number of carbonyl (C=O) groups is 2. The molecule has 0 saturated heterocycles. The lowest BCUT2D eigenvalue weighted by Gasteiger charge is -2.27. The van der Waals surface area contributed by atoms with Gasteiger partial charge in [0.15, 0.2) is 16.9 Å². The molecule has 0 atom stereocenters. The van der Waals surface area contributed by atoms with Crippen LogP contribution in [0.2, 0.25) is 0 Å².